The summed E-state index contributed by atoms with van der Waals surface area (Å²) in [5, 5.41) is 0. The van der Waals surface area contributed by atoms with Gasteiger partial charge in [-0.1, -0.05) is 0 Å². The largest absolute Gasteiger partial charge is 0.433 e. The van der Waals surface area contributed by atoms with Crippen molar-refractivity contribution >= 4 is 64.2 Å². The summed E-state index contributed by atoms with van der Waals surface area (Å²) < 4.78 is 75.2. The van der Waals surface area contributed by atoms with Crippen LogP contribution in [0.4, 0.5) is 0 Å². The van der Waals surface area contributed by atoms with Crippen LogP contribution in [0.15, 0.2) is 0 Å². The second kappa shape index (κ2) is 18.9. The van der Waals surface area contributed by atoms with Crippen LogP contribution in [0.5, 0.6) is 0 Å². The highest BCUT2D eigenvalue weighted by Crippen LogP contribution is 2.39. The summed E-state index contributed by atoms with van der Waals surface area (Å²) in [6, 6.07) is 0. The normalized spacial score (nSPS) is 31.1. The third-order valence-corrected chi connectivity index (χ3v) is 14.5. The standard InChI is InChI=1S/C35H80O12Si7/c1-25(36)39-34-32(46-53(17,18)19)30(44-51(11,12)13)28(26(40-34)23-37-48(2,3)4)42-35-33(47-54(20,21)22)31(45-52(14,15)16)29(43-50(8,9)10)27(41-35)24-38-49(5,6)7/h26-35H,23-24H2,1-22H3. The van der Waals surface area contributed by atoms with E-state index in [1.54, 1.807) is 0 Å². The van der Waals surface area contributed by atoms with Gasteiger partial charge in [0.1, 0.15) is 48.8 Å². The Hall–Kier alpha value is 0.588. The Labute approximate surface area is 336 Å². The average Bonchev–Trinajstić information content (AvgIpc) is 2.88. The van der Waals surface area contributed by atoms with Crippen molar-refractivity contribution in [2.75, 3.05) is 13.2 Å². The molecule has 0 radical (unpaired) electrons. The molecule has 2 aliphatic rings. The van der Waals surface area contributed by atoms with Gasteiger partial charge in [-0.05, 0) is 137 Å². The zero-order valence-electron chi connectivity index (χ0n) is 38.1. The third-order valence-electron chi connectivity index (χ3n) is 7.57. The van der Waals surface area contributed by atoms with Gasteiger partial charge in [0.05, 0.1) is 13.2 Å². The second-order valence-electron chi connectivity index (χ2n) is 21.6. The van der Waals surface area contributed by atoms with Crippen molar-refractivity contribution in [3.63, 3.8) is 0 Å². The molecular weight excluding hydrogens is 809 g/mol. The Balaban J connectivity index is 2.91. The number of hydrogen-bond acceptors (Lipinski definition) is 12. The summed E-state index contributed by atoms with van der Waals surface area (Å²) in [4.78, 5) is 12.6. The first-order valence-corrected chi connectivity index (χ1v) is 43.6. The van der Waals surface area contributed by atoms with E-state index in [4.69, 9.17) is 49.9 Å². The van der Waals surface area contributed by atoms with Crippen LogP contribution in [0.2, 0.25) is 137 Å². The summed E-state index contributed by atoms with van der Waals surface area (Å²) in [5.41, 5.74) is 0. The number of rotatable bonds is 19. The van der Waals surface area contributed by atoms with Crippen molar-refractivity contribution in [1.29, 1.82) is 0 Å². The topological polar surface area (TPSA) is 119 Å². The van der Waals surface area contributed by atoms with Crippen LogP contribution >= 0.6 is 0 Å². The van der Waals surface area contributed by atoms with Gasteiger partial charge < -0.3 is 49.9 Å². The predicted molar refractivity (Wildman–Crippen MR) is 234 cm³/mol. The Morgan fingerprint density at radius 1 is 0.407 bits per heavy atom. The Morgan fingerprint density at radius 3 is 1.06 bits per heavy atom. The van der Waals surface area contributed by atoms with Gasteiger partial charge in [-0.2, -0.15) is 0 Å². The quantitative estimate of drug-likeness (QED) is 0.0920. The Morgan fingerprint density at radius 2 is 0.704 bits per heavy atom. The van der Waals surface area contributed by atoms with Crippen molar-refractivity contribution in [3.05, 3.63) is 0 Å². The summed E-state index contributed by atoms with van der Waals surface area (Å²) in [7, 11) is -15.2. The fourth-order valence-corrected chi connectivity index (χ4v) is 12.8. The minimum atomic E-state index is -2.30. The maximum Gasteiger partial charge on any atom is 0.305 e. The van der Waals surface area contributed by atoms with Crippen LogP contribution in [0.1, 0.15) is 6.92 Å². The average molecular weight is 890 g/mol. The van der Waals surface area contributed by atoms with Crippen LogP contribution in [0, 0.1) is 0 Å². The Kier molecular flexibility index (Phi) is 17.7. The summed E-state index contributed by atoms with van der Waals surface area (Å²) >= 11 is 0. The van der Waals surface area contributed by atoms with Gasteiger partial charge in [0.25, 0.3) is 0 Å². The minimum absolute atomic E-state index is 0.202. The summed E-state index contributed by atoms with van der Waals surface area (Å²) in [6.45, 7) is 47.1. The molecule has 10 unspecified atom stereocenters. The van der Waals surface area contributed by atoms with Crippen molar-refractivity contribution < 1.29 is 54.7 Å². The van der Waals surface area contributed by atoms with E-state index in [-0.39, 0.29) is 6.61 Å². The van der Waals surface area contributed by atoms with E-state index < -0.39 is 126 Å². The van der Waals surface area contributed by atoms with Crippen LogP contribution < -0.4 is 0 Å². The monoisotopic (exact) mass is 888 g/mol. The molecular formula is C35H80O12Si7. The highest BCUT2D eigenvalue weighted by Gasteiger charge is 2.57. The molecule has 2 fully saturated rings. The lowest BCUT2D eigenvalue weighted by molar-refractivity contribution is -0.347. The van der Waals surface area contributed by atoms with E-state index >= 15 is 0 Å². The molecule has 2 saturated heterocycles. The number of carbonyl (C=O) groups excluding carboxylic acids is 1. The zero-order valence-corrected chi connectivity index (χ0v) is 45.1. The second-order valence-corrected chi connectivity index (χ2v) is 52.9. The van der Waals surface area contributed by atoms with Crippen LogP contribution in [-0.2, 0) is 54.7 Å². The first-order valence-electron chi connectivity index (χ1n) is 19.7. The maximum absolute atomic E-state index is 12.6. The molecule has 0 saturated carbocycles. The molecule has 10 atom stereocenters. The molecule has 0 bridgehead atoms. The van der Waals surface area contributed by atoms with E-state index in [0.29, 0.717) is 6.61 Å². The van der Waals surface area contributed by atoms with Crippen molar-refractivity contribution in [2.24, 2.45) is 0 Å². The van der Waals surface area contributed by atoms with Gasteiger partial charge in [-0.15, -0.1) is 0 Å². The molecule has 12 nitrogen and oxygen atoms in total. The van der Waals surface area contributed by atoms with E-state index in [2.05, 4.69) is 137 Å². The highest BCUT2D eigenvalue weighted by atomic mass is 28.4. The molecule has 19 heteroatoms. The number of esters is 1. The number of carbonyl (C=O) groups is 1. The molecule has 0 spiro atoms. The summed E-state index contributed by atoms with van der Waals surface area (Å²) in [6.07, 6.45) is -6.91. The van der Waals surface area contributed by atoms with Crippen LogP contribution in [0.25, 0.3) is 0 Å². The Bertz CT molecular complexity index is 1180. The molecule has 54 heavy (non-hydrogen) atoms. The smallest absolute Gasteiger partial charge is 0.305 e. The molecule has 0 aromatic carbocycles. The fourth-order valence-electron chi connectivity index (χ4n) is 6.08. The van der Waals surface area contributed by atoms with Crippen molar-refractivity contribution in [1.82, 2.24) is 0 Å². The van der Waals surface area contributed by atoms with E-state index in [9.17, 15) is 4.79 Å². The summed E-state index contributed by atoms with van der Waals surface area (Å²) in [5.74, 6) is -0.468. The van der Waals surface area contributed by atoms with Gasteiger partial charge in [0.15, 0.2) is 64.5 Å². The van der Waals surface area contributed by atoms with Gasteiger partial charge in [0.2, 0.25) is 6.29 Å². The van der Waals surface area contributed by atoms with E-state index in [1.165, 1.54) is 6.92 Å². The first-order chi connectivity index (χ1) is 23.9. The maximum atomic E-state index is 12.6. The van der Waals surface area contributed by atoms with Crippen LogP contribution in [-0.4, -0.2) is 139 Å². The molecule has 0 N–H and O–H groups in total. The zero-order chi connectivity index (χ0) is 42.0. The van der Waals surface area contributed by atoms with E-state index in [1.807, 2.05) is 0 Å². The third kappa shape index (κ3) is 19.1. The molecule has 2 heterocycles. The van der Waals surface area contributed by atoms with Gasteiger partial charge >= 0.3 is 5.97 Å². The van der Waals surface area contributed by atoms with Gasteiger partial charge in [-0.3, -0.25) is 4.79 Å². The molecule has 2 aliphatic heterocycles. The van der Waals surface area contributed by atoms with Gasteiger partial charge in [-0.25, -0.2) is 0 Å². The van der Waals surface area contributed by atoms with Crippen molar-refractivity contribution in [3.8, 4) is 0 Å². The molecule has 0 aromatic rings. The lowest BCUT2D eigenvalue weighted by Gasteiger charge is -2.53. The molecule has 0 amide bonds. The number of hydrogen-bond donors (Lipinski definition) is 0. The van der Waals surface area contributed by atoms with Crippen LogP contribution in [0.3, 0.4) is 0 Å². The van der Waals surface area contributed by atoms with Gasteiger partial charge in [0, 0.05) is 6.92 Å². The predicted octanol–water partition coefficient (Wildman–Crippen LogP) is 8.19. The van der Waals surface area contributed by atoms with E-state index in [0.717, 1.165) is 0 Å². The SMILES string of the molecule is CC(=O)OC1OC(CO[Si](C)(C)C)C(OC2OC(CO[Si](C)(C)C)C(O[Si](C)(C)C)C(O[Si](C)(C)C)C2O[Si](C)(C)C)C(O[Si](C)(C)C)C1O[Si](C)(C)C. The van der Waals surface area contributed by atoms with Crippen molar-refractivity contribution in [2.45, 2.75) is 206 Å². The molecule has 2 rings (SSSR count). The molecule has 0 aromatic heterocycles. The molecule has 320 valence electrons. The lowest BCUT2D eigenvalue weighted by atomic mass is 9.97. The fraction of sp³-hybridized carbons (Fsp3) is 0.971. The highest BCUT2D eigenvalue weighted by molar-refractivity contribution is 6.72. The molecule has 0 aliphatic carbocycles. The first kappa shape index (κ1) is 50.7. The number of ether oxygens (including phenoxy) is 4. The lowest BCUT2D eigenvalue weighted by Crippen LogP contribution is -2.70. The minimum Gasteiger partial charge on any atom is -0.433 e.